The molecule has 9 heteroatoms. The van der Waals surface area contributed by atoms with Gasteiger partial charge in [0.2, 0.25) is 0 Å². The highest BCUT2D eigenvalue weighted by Crippen LogP contribution is 2.32. The molecule has 0 radical (unpaired) electrons. The van der Waals surface area contributed by atoms with Crippen molar-refractivity contribution in [3.63, 3.8) is 0 Å². The van der Waals surface area contributed by atoms with Gasteiger partial charge in [0.1, 0.15) is 0 Å². The normalized spacial score (nSPS) is 13.5. The Kier molecular flexibility index (Phi) is 6.25. The monoisotopic (exact) mass is 511 g/mol. The van der Waals surface area contributed by atoms with Crippen LogP contribution in [0.3, 0.4) is 0 Å². The Morgan fingerprint density at radius 3 is 2.74 bits per heavy atom. The molecule has 0 fully saturated rings. The SMILES string of the molecule is C[C@@H](OC(=O)c1c2c(nc3ccccc13)CCC2)C(=O)Nc1nc(-c2ccc(Cl)c(Cl)c2)cs1. The molecular weight excluding hydrogens is 493 g/mol. The van der Waals surface area contributed by atoms with Gasteiger partial charge in [-0.05, 0) is 49.9 Å². The number of aromatic nitrogens is 2. The van der Waals surface area contributed by atoms with Crippen molar-refractivity contribution in [2.75, 3.05) is 5.32 Å². The maximum atomic E-state index is 13.2. The fourth-order valence-electron chi connectivity index (χ4n) is 4.04. The highest BCUT2D eigenvalue weighted by molar-refractivity contribution is 7.14. The second-order valence-electron chi connectivity index (χ2n) is 7.99. The predicted octanol–water partition coefficient (Wildman–Crippen LogP) is 6.34. The number of nitrogens with one attached hydrogen (secondary N) is 1. The van der Waals surface area contributed by atoms with E-state index in [2.05, 4.69) is 10.3 Å². The average molecular weight is 512 g/mol. The maximum Gasteiger partial charge on any atom is 0.339 e. The summed E-state index contributed by atoms with van der Waals surface area (Å²) in [4.78, 5) is 35.0. The molecule has 6 nitrogen and oxygen atoms in total. The summed E-state index contributed by atoms with van der Waals surface area (Å²) >= 11 is 13.3. The Hall–Kier alpha value is -3.00. The lowest BCUT2D eigenvalue weighted by Gasteiger charge is -2.15. The Labute approximate surface area is 209 Å². The third kappa shape index (κ3) is 4.39. The van der Waals surface area contributed by atoms with Crippen LogP contribution in [-0.4, -0.2) is 27.9 Å². The topological polar surface area (TPSA) is 81.2 Å². The van der Waals surface area contributed by atoms with Crippen LogP contribution in [0.2, 0.25) is 10.0 Å². The van der Waals surface area contributed by atoms with E-state index < -0.39 is 18.0 Å². The van der Waals surface area contributed by atoms with Gasteiger partial charge in [0.25, 0.3) is 5.91 Å². The van der Waals surface area contributed by atoms with Crippen molar-refractivity contribution in [1.82, 2.24) is 9.97 Å². The van der Waals surface area contributed by atoms with Crippen molar-refractivity contribution >= 4 is 62.4 Å². The molecule has 0 unspecified atom stereocenters. The van der Waals surface area contributed by atoms with Crippen LogP contribution in [0.5, 0.6) is 0 Å². The van der Waals surface area contributed by atoms with Crippen molar-refractivity contribution in [2.24, 2.45) is 0 Å². The number of pyridine rings is 1. The molecule has 5 rings (SSSR count). The Balaban J connectivity index is 1.32. The highest BCUT2D eigenvalue weighted by Gasteiger charge is 2.27. The van der Waals surface area contributed by atoms with E-state index in [9.17, 15) is 9.59 Å². The van der Waals surface area contributed by atoms with E-state index >= 15 is 0 Å². The van der Waals surface area contributed by atoms with E-state index in [1.807, 2.05) is 24.3 Å². The molecule has 2 aromatic carbocycles. The molecule has 172 valence electrons. The second kappa shape index (κ2) is 9.33. The predicted molar refractivity (Wildman–Crippen MR) is 135 cm³/mol. The van der Waals surface area contributed by atoms with Crippen molar-refractivity contribution in [3.05, 3.63) is 74.7 Å². The summed E-state index contributed by atoms with van der Waals surface area (Å²) < 4.78 is 5.59. The molecule has 34 heavy (non-hydrogen) atoms. The van der Waals surface area contributed by atoms with Crippen LogP contribution < -0.4 is 5.32 Å². The van der Waals surface area contributed by atoms with Crippen LogP contribution in [-0.2, 0) is 22.4 Å². The van der Waals surface area contributed by atoms with Gasteiger partial charge in [0, 0.05) is 22.0 Å². The van der Waals surface area contributed by atoms with Gasteiger partial charge >= 0.3 is 5.97 Å². The first-order chi connectivity index (χ1) is 16.4. The largest absolute Gasteiger partial charge is 0.449 e. The molecule has 0 saturated carbocycles. The van der Waals surface area contributed by atoms with Crippen LogP contribution in [0.1, 0.15) is 35.0 Å². The van der Waals surface area contributed by atoms with E-state index in [1.165, 1.54) is 11.3 Å². The van der Waals surface area contributed by atoms with Gasteiger partial charge in [-0.2, -0.15) is 0 Å². The quantitative estimate of drug-likeness (QED) is 0.316. The van der Waals surface area contributed by atoms with Gasteiger partial charge in [-0.25, -0.2) is 9.78 Å². The van der Waals surface area contributed by atoms with E-state index in [0.717, 1.165) is 47.0 Å². The molecule has 1 aliphatic carbocycles. The number of nitrogens with zero attached hydrogens (tertiary/aromatic N) is 2. The number of benzene rings is 2. The van der Waals surface area contributed by atoms with E-state index in [0.29, 0.717) is 26.4 Å². The molecule has 1 N–H and O–H groups in total. The Morgan fingerprint density at radius 1 is 1.09 bits per heavy atom. The summed E-state index contributed by atoms with van der Waals surface area (Å²) in [5, 5.41) is 6.54. The number of fused-ring (bicyclic) bond motifs is 2. The third-order valence-electron chi connectivity index (χ3n) is 5.73. The van der Waals surface area contributed by atoms with Gasteiger partial charge in [0.15, 0.2) is 11.2 Å². The van der Waals surface area contributed by atoms with E-state index in [4.69, 9.17) is 32.9 Å². The number of halogens is 2. The van der Waals surface area contributed by atoms with Crippen LogP contribution >= 0.6 is 34.5 Å². The molecule has 4 aromatic rings. The number of aryl methyl sites for hydroxylation is 1. The first kappa shape index (κ1) is 22.8. The van der Waals surface area contributed by atoms with Crippen molar-refractivity contribution < 1.29 is 14.3 Å². The maximum absolute atomic E-state index is 13.2. The first-order valence-corrected chi connectivity index (χ1v) is 12.4. The standard InChI is InChI=1S/C25H19Cl2N3O3S/c1-13(23(31)30-25-29-21(12-34-25)14-9-10-17(26)18(27)11-14)33-24(32)22-15-5-2-3-7-19(15)28-20-8-4-6-16(20)22/h2-3,5,7,9-13H,4,6,8H2,1H3,(H,29,30,31)/t13-/m1/s1. The summed E-state index contributed by atoms with van der Waals surface area (Å²) in [5.41, 5.74) is 4.55. The summed E-state index contributed by atoms with van der Waals surface area (Å²) in [7, 11) is 0. The van der Waals surface area contributed by atoms with Gasteiger partial charge in [-0.15, -0.1) is 11.3 Å². The zero-order valence-electron chi connectivity index (χ0n) is 18.1. The van der Waals surface area contributed by atoms with E-state index in [1.54, 1.807) is 30.5 Å². The molecule has 1 aliphatic rings. The van der Waals surface area contributed by atoms with Crippen molar-refractivity contribution in [3.8, 4) is 11.3 Å². The lowest BCUT2D eigenvalue weighted by atomic mass is 10.0. The van der Waals surface area contributed by atoms with Crippen LogP contribution in [0.25, 0.3) is 22.2 Å². The molecular formula is C25H19Cl2N3O3S. The average Bonchev–Trinajstić information content (AvgIpc) is 3.48. The van der Waals surface area contributed by atoms with Crippen LogP contribution in [0.15, 0.2) is 47.8 Å². The number of carbonyl (C=O) groups excluding carboxylic acids is 2. The van der Waals surface area contributed by atoms with Crippen LogP contribution in [0, 0.1) is 0 Å². The number of esters is 1. The Bertz CT molecular complexity index is 1440. The minimum absolute atomic E-state index is 0.393. The molecule has 2 heterocycles. The van der Waals surface area contributed by atoms with Crippen LogP contribution in [0.4, 0.5) is 5.13 Å². The Morgan fingerprint density at radius 2 is 1.91 bits per heavy atom. The van der Waals surface area contributed by atoms with Crippen molar-refractivity contribution in [2.45, 2.75) is 32.3 Å². The number of hydrogen-bond acceptors (Lipinski definition) is 6. The first-order valence-electron chi connectivity index (χ1n) is 10.7. The molecule has 2 aromatic heterocycles. The number of rotatable bonds is 5. The van der Waals surface area contributed by atoms with Gasteiger partial charge in [0.05, 0.1) is 26.8 Å². The second-order valence-corrected chi connectivity index (χ2v) is 9.66. The zero-order valence-corrected chi connectivity index (χ0v) is 20.4. The molecule has 1 amide bonds. The van der Waals surface area contributed by atoms with Gasteiger partial charge in [-0.3, -0.25) is 15.1 Å². The number of amides is 1. The number of para-hydroxylation sites is 1. The summed E-state index contributed by atoms with van der Waals surface area (Å²) in [5.74, 6) is -0.978. The number of anilines is 1. The lowest BCUT2D eigenvalue weighted by molar-refractivity contribution is -0.123. The molecule has 0 bridgehead atoms. The van der Waals surface area contributed by atoms with Gasteiger partial charge < -0.3 is 4.74 Å². The summed E-state index contributed by atoms with van der Waals surface area (Å²) in [6.07, 6.45) is 1.55. The van der Waals surface area contributed by atoms with E-state index in [-0.39, 0.29) is 0 Å². The minimum atomic E-state index is -1.01. The lowest BCUT2D eigenvalue weighted by Crippen LogP contribution is -2.30. The fraction of sp³-hybridized carbons (Fsp3) is 0.200. The summed E-state index contributed by atoms with van der Waals surface area (Å²) in [6.45, 7) is 1.55. The number of hydrogen-bond donors (Lipinski definition) is 1. The summed E-state index contributed by atoms with van der Waals surface area (Å²) in [6, 6.07) is 12.7. The molecule has 0 spiro atoms. The minimum Gasteiger partial charge on any atom is -0.449 e. The highest BCUT2D eigenvalue weighted by atomic mass is 35.5. The third-order valence-corrected chi connectivity index (χ3v) is 7.22. The number of carbonyl (C=O) groups is 2. The smallest absolute Gasteiger partial charge is 0.339 e. The molecule has 0 aliphatic heterocycles. The number of thiazole rings is 1. The number of ether oxygens (including phenoxy) is 1. The fourth-order valence-corrected chi connectivity index (χ4v) is 5.06. The molecule has 1 atom stereocenters. The van der Waals surface area contributed by atoms with Crippen molar-refractivity contribution in [1.29, 1.82) is 0 Å². The molecule has 0 saturated heterocycles. The van der Waals surface area contributed by atoms with Gasteiger partial charge in [-0.1, -0.05) is 47.5 Å². The zero-order chi connectivity index (χ0) is 23.8.